The average Bonchev–Trinajstić information content (AvgIpc) is 3.25. The molecule has 5 nitrogen and oxygen atoms in total. The fourth-order valence-electron chi connectivity index (χ4n) is 3.58. The fourth-order valence-corrected chi connectivity index (χ4v) is 3.58. The lowest BCUT2D eigenvalue weighted by Crippen LogP contribution is -2.21. The van der Waals surface area contributed by atoms with Gasteiger partial charge in [0.1, 0.15) is 5.76 Å². The number of nitrogens with zero attached hydrogens (tertiary/aromatic N) is 2. The molecule has 29 heavy (non-hydrogen) atoms. The van der Waals surface area contributed by atoms with Crippen molar-refractivity contribution in [3.8, 4) is 11.1 Å². The van der Waals surface area contributed by atoms with Gasteiger partial charge in [0.25, 0.3) is 0 Å². The van der Waals surface area contributed by atoms with Gasteiger partial charge < -0.3 is 9.15 Å². The van der Waals surface area contributed by atoms with Crippen LogP contribution in [0.1, 0.15) is 21.8 Å². The Morgan fingerprint density at radius 1 is 1.00 bits per heavy atom. The third kappa shape index (κ3) is 3.91. The Hall–Kier alpha value is -3.44. The van der Waals surface area contributed by atoms with Gasteiger partial charge in [-0.2, -0.15) is 0 Å². The Morgan fingerprint density at radius 2 is 1.76 bits per heavy atom. The van der Waals surface area contributed by atoms with Crippen molar-refractivity contribution in [3.05, 3.63) is 90.0 Å². The molecule has 0 aliphatic carbocycles. The van der Waals surface area contributed by atoms with Crippen LogP contribution >= 0.6 is 0 Å². The average molecular weight is 386 g/mol. The number of hydrogen-bond donors (Lipinski definition) is 0. The maximum absolute atomic E-state index is 12.9. The number of hydrogen-bond acceptors (Lipinski definition) is 5. The van der Waals surface area contributed by atoms with Gasteiger partial charge >= 0.3 is 5.97 Å². The Balaban J connectivity index is 1.88. The number of ether oxygens (including phenoxy) is 1. The number of aromatic nitrogens is 1. The van der Waals surface area contributed by atoms with Crippen molar-refractivity contribution in [2.45, 2.75) is 13.1 Å². The number of furan rings is 1. The van der Waals surface area contributed by atoms with E-state index in [1.54, 1.807) is 6.26 Å². The van der Waals surface area contributed by atoms with Crippen LogP contribution in [0.3, 0.4) is 0 Å². The van der Waals surface area contributed by atoms with Gasteiger partial charge in [-0.15, -0.1) is 0 Å². The summed E-state index contributed by atoms with van der Waals surface area (Å²) in [7, 11) is 3.38. The third-order valence-corrected chi connectivity index (χ3v) is 4.84. The summed E-state index contributed by atoms with van der Waals surface area (Å²) in [6, 6.07) is 21.6. The molecule has 2 heterocycles. The molecule has 0 spiro atoms. The van der Waals surface area contributed by atoms with Crippen molar-refractivity contribution in [2.24, 2.45) is 0 Å². The monoisotopic (exact) mass is 386 g/mol. The highest BCUT2D eigenvalue weighted by Crippen LogP contribution is 2.34. The zero-order valence-corrected chi connectivity index (χ0v) is 16.5. The summed E-state index contributed by atoms with van der Waals surface area (Å²) in [6.45, 7) is 1.10. The Bertz CT molecular complexity index is 1120. The maximum atomic E-state index is 12.9. The number of rotatable bonds is 6. The summed E-state index contributed by atoms with van der Waals surface area (Å²) in [5, 5.41) is 0.927. The number of para-hydroxylation sites is 1. The molecule has 0 amide bonds. The number of carbonyl (C=O) groups excluding carboxylic acids is 1. The van der Waals surface area contributed by atoms with E-state index in [1.807, 2.05) is 73.8 Å². The minimum Gasteiger partial charge on any atom is -0.468 e. The summed E-state index contributed by atoms with van der Waals surface area (Å²) < 4.78 is 10.6. The van der Waals surface area contributed by atoms with Gasteiger partial charge in [-0.25, -0.2) is 4.79 Å². The molecule has 0 fully saturated rings. The molecule has 0 aliphatic heterocycles. The van der Waals surface area contributed by atoms with Crippen LogP contribution in [-0.4, -0.2) is 30.0 Å². The second kappa shape index (κ2) is 8.29. The molecule has 0 atom stereocenters. The van der Waals surface area contributed by atoms with Crippen LogP contribution in [0.5, 0.6) is 0 Å². The van der Waals surface area contributed by atoms with E-state index in [2.05, 4.69) is 4.90 Å². The molecule has 5 heteroatoms. The van der Waals surface area contributed by atoms with E-state index in [-0.39, 0.29) is 5.97 Å². The van der Waals surface area contributed by atoms with E-state index in [1.165, 1.54) is 7.11 Å². The van der Waals surface area contributed by atoms with Crippen molar-refractivity contribution >= 4 is 16.9 Å². The maximum Gasteiger partial charge on any atom is 0.340 e. The summed E-state index contributed by atoms with van der Waals surface area (Å²) in [4.78, 5) is 19.8. The Labute approximate surface area is 169 Å². The lowest BCUT2D eigenvalue weighted by molar-refractivity contribution is 0.0599. The first-order valence-electron chi connectivity index (χ1n) is 9.43. The second-order valence-electron chi connectivity index (χ2n) is 6.93. The zero-order valence-electron chi connectivity index (χ0n) is 16.5. The number of methoxy groups -OCH3 is 1. The van der Waals surface area contributed by atoms with Crippen LogP contribution in [0.4, 0.5) is 0 Å². The molecule has 0 unspecified atom stereocenters. The molecule has 0 saturated heterocycles. The largest absolute Gasteiger partial charge is 0.468 e. The fraction of sp³-hybridized carbons (Fsp3) is 0.167. The van der Waals surface area contributed by atoms with Gasteiger partial charge in [0.2, 0.25) is 0 Å². The van der Waals surface area contributed by atoms with Gasteiger partial charge in [0, 0.05) is 17.5 Å². The molecule has 2 aromatic carbocycles. The zero-order chi connectivity index (χ0) is 20.2. The van der Waals surface area contributed by atoms with Crippen LogP contribution in [0, 0.1) is 0 Å². The molecule has 146 valence electrons. The SMILES string of the molecule is COC(=O)c1c(CN(C)Cc2ccco2)nc2ccccc2c1-c1ccccc1. The standard InChI is InChI=1S/C24H22N2O3/c1-26(15-18-11-8-14-29-18)16-21-23(24(27)28-2)22(17-9-4-3-5-10-17)19-12-6-7-13-20(19)25-21/h3-14H,15-16H2,1-2H3. The predicted octanol–water partition coefficient (Wildman–Crippen LogP) is 4.91. The van der Waals surface area contributed by atoms with Gasteiger partial charge in [-0.3, -0.25) is 9.88 Å². The second-order valence-corrected chi connectivity index (χ2v) is 6.93. The molecule has 0 aliphatic rings. The van der Waals surface area contributed by atoms with Crippen molar-refractivity contribution in [1.82, 2.24) is 9.88 Å². The lowest BCUT2D eigenvalue weighted by Gasteiger charge is -2.20. The van der Waals surface area contributed by atoms with Crippen molar-refractivity contribution in [2.75, 3.05) is 14.2 Å². The van der Waals surface area contributed by atoms with Crippen molar-refractivity contribution < 1.29 is 13.9 Å². The number of pyridine rings is 1. The highest BCUT2D eigenvalue weighted by Gasteiger charge is 2.23. The van der Waals surface area contributed by atoms with Crippen molar-refractivity contribution in [1.29, 1.82) is 0 Å². The quantitative estimate of drug-likeness (QED) is 0.441. The van der Waals surface area contributed by atoms with Gasteiger partial charge in [-0.1, -0.05) is 48.5 Å². The van der Waals surface area contributed by atoms with E-state index in [0.29, 0.717) is 24.3 Å². The van der Waals surface area contributed by atoms with Crippen molar-refractivity contribution in [3.63, 3.8) is 0 Å². The summed E-state index contributed by atoms with van der Waals surface area (Å²) in [6.07, 6.45) is 1.66. The smallest absolute Gasteiger partial charge is 0.340 e. The predicted molar refractivity (Wildman–Crippen MR) is 112 cm³/mol. The molecule has 0 saturated carbocycles. The minimum absolute atomic E-state index is 0.386. The minimum atomic E-state index is -0.386. The summed E-state index contributed by atoms with van der Waals surface area (Å²) in [5.74, 6) is 0.472. The molecule has 4 aromatic rings. The summed E-state index contributed by atoms with van der Waals surface area (Å²) >= 11 is 0. The first-order valence-corrected chi connectivity index (χ1v) is 9.43. The van der Waals surface area contributed by atoms with E-state index < -0.39 is 0 Å². The molecule has 0 radical (unpaired) electrons. The molecule has 0 N–H and O–H groups in total. The van der Waals surface area contributed by atoms with E-state index in [4.69, 9.17) is 14.1 Å². The van der Waals surface area contributed by atoms with Gasteiger partial charge in [0.05, 0.1) is 36.7 Å². The number of fused-ring (bicyclic) bond motifs is 1. The Morgan fingerprint density at radius 3 is 2.48 bits per heavy atom. The summed E-state index contributed by atoms with van der Waals surface area (Å²) in [5.41, 5.74) is 3.85. The highest BCUT2D eigenvalue weighted by molar-refractivity contribution is 6.07. The van der Waals surface area contributed by atoms with E-state index in [0.717, 1.165) is 27.8 Å². The molecular weight excluding hydrogens is 364 g/mol. The van der Waals surface area contributed by atoms with Crippen LogP contribution in [0.15, 0.2) is 77.4 Å². The normalized spacial score (nSPS) is 11.1. The number of carbonyl (C=O) groups is 1. The van der Waals surface area contributed by atoms with Crippen LogP contribution < -0.4 is 0 Å². The van der Waals surface area contributed by atoms with Gasteiger partial charge in [-0.05, 0) is 30.8 Å². The van der Waals surface area contributed by atoms with Crippen LogP contribution in [0.2, 0.25) is 0 Å². The third-order valence-electron chi connectivity index (χ3n) is 4.84. The molecule has 0 bridgehead atoms. The molecule has 2 aromatic heterocycles. The van der Waals surface area contributed by atoms with Crippen LogP contribution in [0.25, 0.3) is 22.0 Å². The van der Waals surface area contributed by atoms with E-state index >= 15 is 0 Å². The van der Waals surface area contributed by atoms with Crippen LogP contribution in [-0.2, 0) is 17.8 Å². The van der Waals surface area contributed by atoms with E-state index in [9.17, 15) is 4.79 Å². The topological polar surface area (TPSA) is 55.6 Å². The molecule has 4 rings (SSSR count). The number of benzene rings is 2. The van der Waals surface area contributed by atoms with Gasteiger partial charge in [0.15, 0.2) is 0 Å². The first-order chi connectivity index (χ1) is 14.2. The number of esters is 1. The lowest BCUT2D eigenvalue weighted by atomic mass is 9.94. The Kier molecular flexibility index (Phi) is 5.40. The molecular formula is C24H22N2O3. The first kappa shape index (κ1) is 18.9. The highest BCUT2D eigenvalue weighted by atomic mass is 16.5.